The van der Waals surface area contributed by atoms with E-state index in [1.54, 1.807) is 0 Å². The van der Waals surface area contributed by atoms with Gasteiger partial charge in [0.25, 0.3) is 0 Å². The smallest absolute Gasteiger partial charge is 0.129 e. The molecule has 0 fully saturated rings. The highest BCUT2D eigenvalue weighted by Gasteiger charge is 2.36. The summed E-state index contributed by atoms with van der Waals surface area (Å²) < 4.78 is 11.7. The van der Waals surface area contributed by atoms with Crippen molar-refractivity contribution < 1.29 is 9.47 Å². The molecule has 2 aliphatic rings. The lowest BCUT2D eigenvalue weighted by atomic mass is 9.83. The third kappa shape index (κ3) is 2.15. The van der Waals surface area contributed by atoms with Crippen molar-refractivity contribution in [1.29, 1.82) is 0 Å². The molecule has 1 aromatic carbocycles. The average Bonchev–Trinajstić information content (AvgIpc) is 2.45. The Morgan fingerprint density at radius 1 is 1.32 bits per heavy atom. The van der Waals surface area contributed by atoms with Crippen LogP contribution >= 0.6 is 0 Å². The lowest BCUT2D eigenvalue weighted by Gasteiger charge is -2.38. The first-order chi connectivity index (χ1) is 9.33. The van der Waals surface area contributed by atoms with Crippen LogP contribution in [-0.2, 0) is 4.74 Å². The van der Waals surface area contributed by atoms with Gasteiger partial charge in [-0.2, -0.15) is 0 Å². The normalized spacial score (nSPS) is 27.9. The molecule has 0 aromatic heterocycles. The molecule has 0 bridgehead atoms. The lowest BCUT2D eigenvalue weighted by Crippen LogP contribution is -2.40. The van der Waals surface area contributed by atoms with E-state index in [1.807, 2.05) is 32.2 Å². The van der Waals surface area contributed by atoms with E-state index >= 15 is 0 Å². The molecule has 0 saturated carbocycles. The van der Waals surface area contributed by atoms with Gasteiger partial charge in [0.2, 0.25) is 0 Å². The maximum Gasteiger partial charge on any atom is 0.129 e. The number of ether oxygens (including phenoxy) is 2. The molecular weight excluding hydrogens is 238 g/mol. The first-order valence-corrected chi connectivity index (χ1v) is 6.79. The van der Waals surface area contributed by atoms with E-state index in [9.17, 15) is 0 Å². The molecule has 3 atom stereocenters. The van der Waals surface area contributed by atoms with Crippen molar-refractivity contribution in [1.82, 2.24) is 5.32 Å². The fourth-order valence-electron chi connectivity index (χ4n) is 2.87. The Hall–Kier alpha value is -1.74. The Kier molecular flexibility index (Phi) is 3.30. The zero-order valence-corrected chi connectivity index (χ0v) is 11.3. The summed E-state index contributed by atoms with van der Waals surface area (Å²) in [5.74, 6) is 2.17. The molecule has 3 nitrogen and oxygen atoms in total. The monoisotopic (exact) mass is 257 g/mol. The van der Waals surface area contributed by atoms with E-state index < -0.39 is 0 Å². The van der Waals surface area contributed by atoms with Gasteiger partial charge in [0, 0.05) is 17.5 Å². The van der Waals surface area contributed by atoms with Crippen molar-refractivity contribution in [3.63, 3.8) is 0 Å². The van der Waals surface area contributed by atoms with Gasteiger partial charge in [0.15, 0.2) is 0 Å². The minimum Gasteiger partial charge on any atom is -0.494 e. The van der Waals surface area contributed by atoms with Gasteiger partial charge >= 0.3 is 0 Å². The summed E-state index contributed by atoms with van der Waals surface area (Å²) >= 11 is 0. The van der Waals surface area contributed by atoms with Crippen molar-refractivity contribution in [3.05, 3.63) is 53.8 Å². The van der Waals surface area contributed by atoms with Crippen LogP contribution in [0.5, 0.6) is 5.75 Å². The van der Waals surface area contributed by atoms with Gasteiger partial charge in [0.05, 0.1) is 6.61 Å². The molecule has 0 radical (unpaired) electrons. The number of allylic oxidation sites excluding steroid dienone is 1. The number of hydrogen-bond donors (Lipinski definition) is 1. The summed E-state index contributed by atoms with van der Waals surface area (Å²) in [6.45, 7) is 2.67. The van der Waals surface area contributed by atoms with E-state index in [2.05, 4.69) is 29.6 Å². The summed E-state index contributed by atoms with van der Waals surface area (Å²) in [4.78, 5) is 0. The number of rotatable bonds is 3. The van der Waals surface area contributed by atoms with Gasteiger partial charge in [-0.1, -0.05) is 24.3 Å². The van der Waals surface area contributed by atoms with E-state index in [0.717, 1.165) is 11.5 Å². The average molecular weight is 257 g/mol. The quantitative estimate of drug-likeness (QED) is 0.903. The number of nitrogens with one attached hydrogen (secondary N) is 1. The predicted octanol–water partition coefficient (Wildman–Crippen LogP) is 2.81. The Labute approximate surface area is 113 Å². The first-order valence-electron chi connectivity index (χ1n) is 6.79. The molecule has 1 aromatic rings. The summed E-state index contributed by atoms with van der Waals surface area (Å²) in [7, 11) is 2.00. The second kappa shape index (κ2) is 5.10. The minimum atomic E-state index is 0.0406. The van der Waals surface area contributed by atoms with E-state index in [1.165, 1.54) is 5.56 Å². The zero-order chi connectivity index (χ0) is 13.2. The molecule has 0 spiro atoms. The van der Waals surface area contributed by atoms with Crippen molar-refractivity contribution in [3.8, 4) is 5.75 Å². The van der Waals surface area contributed by atoms with Crippen molar-refractivity contribution in [2.75, 3.05) is 13.7 Å². The van der Waals surface area contributed by atoms with E-state index in [0.29, 0.717) is 12.5 Å². The van der Waals surface area contributed by atoms with E-state index in [-0.39, 0.29) is 12.1 Å². The summed E-state index contributed by atoms with van der Waals surface area (Å²) in [6.07, 6.45) is 6.35. The molecule has 1 aliphatic carbocycles. The molecular formula is C16H19NO2. The van der Waals surface area contributed by atoms with Crippen LogP contribution in [0.1, 0.15) is 18.5 Å². The zero-order valence-electron chi connectivity index (χ0n) is 11.3. The highest BCUT2D eigenvalue weighted by molar-refractivity contribution is 5.42. The summed E-state index contributed by atoms with van der Waals surface area (Å²) in [6, 6.07) is 8.51. The molecule has 0 amide bonds. The number of para-hydroxylation sites is 1. The highest BCUT2D eigenvalue weighted by atomic mass is 16.5. The SMILES string of the molecule is CCOC1=CC2Oc3ccccc3C(NC)C2C=C1. The molecule has 3 unspecified atom stereocenters. The summed E-state index contributed by atoms with van der Waals surface area (Å²) in [5.41, 5.74) is 1.23. The number of hydrogen-bond acceptors (Lipinski definition) is 3. The van der Waals surface area contributed by atoms with Gasteiger partial charge in [-0.25, -0.2) is 0 Å². The van der Waals surface area contributed by atoms with Gasteiger partial charge in [-0.15, -0.1) is 0 Å². The Morgan fingerprint density at radius 2 is 2.16 bits per heavy atom. The lowest BCUT2D eigenvalue weighted by molar-refractivity contribution is 0.136. The maximum atomic E-state index is 6.10. The van der Waals surface area contributed by atoms with Crippen LogP contribution in [0.2, 0.25) is 0 Å². The topological polar surface area (TPSA) is 30.5 Å². The molecule has 1 N–H and O–H groups in total. The van der Waals surface area contributed by atoms with Crippen molar-refractivity contribution in [2.45, 2.75) is 19.1 Å². The number of benzene rings is 1. The Morgan fingerprint density at radius 3 is 2.95 bits per heavy atom. The fourth-order valence-corrected chi connectivity index (χ4v) is 2.87. The third-order valence-electron chi connectivity index (χ3n) is 3.71. The second-order valence-electron chi connectivity index (χ2n) is 4.83. The van der Waals surface area contributed by atoms with Crippen LogP contribution in [0.3, 0.4) is 0 Å². The van der Waals surface area contributed by atoms with Gasteiger partial charge in [0.1, 0.15) is 17.6 Å². The predicted molar refractivity (Wildman–Crippen MR) is 75.0 cm³/mol. The molecule has 100 valence electrons. The molecule has 19 heavy (non-hydrogen) atoms. The second-order valence-corrected chi connectivity index (χ2v) is 4.83. The van der Waals surface area contributed by atoms with Crippen LogP contribution in [0, 0.1) is 5.92 Å². The maximum absolute atomic E-state index is 6.10. The molecule has 3 heteroatoms. The van der Waals surface area contributed by atoms with E-state index in [4.69, 9.17) is 9.47 Å². The Balaban J connectivity index is 1.95. The molecule has 1 heterocycles. The molecule has 0 saturated heterocycles. The van der Waals surface area contributed by atoms with Crippen molar-refractivity contribution in [2.24, 2.45) is 5.92 Å². The largest absolute Gasteiger partial charge is 0.494 e. The van der Waals surface area contributed by atoms with Gasteiger partial charge < -0.3 is 14.8 Å². The summed E-state index contributed by atoms with van der Waals surface area (Å²) in [5, 5.41) is 3.40. The molecule has 3 rings (SSSR count). The fraction of sp³-hybridized carbons (Fsp3) is 0.375. The van der Waals surface area contributed by atoms with Crippen molar-refractivity contribution >= 4 is 0 Å². The number of fused-ring (bicyclic) bond motifs is 2. The first kappa shape index (κ1) is 12.3. The van der Waals surface area contributed by atoms with Crippen LogP contribution in [-0.4, -0.2) is 19.8 Å². The van der Waals surface area contributed by atoms with Crippen LogP contribution < -0.4 is 10.1 Å². The highest BCUT2D eigenvalue weighted by Crippen LogP contribution is 2.41. The van der Waals surface area contributed by atoms with Gasteiger partial charge in [-0.05, 0) is 32.2 Å². The molecule has 1 aliphatic heterocycles. The van der Waals surface area contributed by atoms with Crippen LogP contribution in [0.15, 0.2) is 48.3 Å². The third-order valence-corrected chi connectivity index (χ3v) is 3.71. The van der Waals surface area contributed by atoms with Crippen LogP contribution in [0.4, 0.5) is 0 Å². The Bertz CT molecular complexity index is 521. The standard InChI is InChI=1S/C16H19NO2/c1-3-18-11-8-9-13-15(10-11)19-14-7-5-4-6-12(14)16(13)17-2/h4-10,13,15-17H,3H2,1-2H3. The minimum absolute atomic E-state index is 0.0406. The van der Waals surface area contributed by atoms with Crippen LogP contribution in [0.25, 0.3) is 0 Å². The van der Waals surface area contributed by atoms with Gasteiger partial charge in [-0.3, -0.25) is 0 Å².